The number of carbonyl (C=O) groups is 1. The van der Waals surface area contributed by atoms with Crippen LogP contribution in [0, 0.1) is 0 Å². The molecule has 1 atom stereocenters. The smallest absolute Gasteiger partial charge is 0.325 e. The molecular formula is C13H11N3O3. The van der Waals surface area contributed by atoms with Gasteiger partial charge in [-0.25, -0.2) is 9.97 Å². The van der Waals surface area contributed by atoms with E-state index in [0.717, 1.165) is 5.39 Å². The molecule has 0 radical (unpaired) electrons. The second-order valence-corrected chi connectivity index (χ2v) is 4.20. The van der Waals surface area contributed by atoms with Crippen molar-refractivity contribution in [1.29, 1.82) is 0 Å². The van der Waals surface area contributed by atoms with Gasteiger partial charge in [0.05, 0.1) is 0 Å². The van der Waals surface area contributed by atoms with Crippen molar-refractivity contribution in [3.63, 3.8) is 0 Å². The Morgan fingerprint density at radius 3 is 2.95 bits per heavy atom. The summed E-state index contributed by atoms with van der Waals surface area (Å²) in [5, 5.41) is 12.6. The van der Waals surface area contributed by atoms with E-state index >= 15 is 0 Å². The van der Waals surface area contributed by atoms with E-state index in [0.29, 0.717) is 22.5 Å². The van der Waals surface area contributed by atoms with Gasteiger partial charge >= 0.3 is 5.97 Å². The van der Waals surface area contributed by atoms with E-state index in [1.165, 1.54) is 6.33 Å². The van der Waals surface area contributed by atoms with Crippen LogP contribution in [0.25, 0.3) is 22.1 Å². The molecule has 0 fully saturated rings. The standard InChI is InChI=1S/C13H11N3O3/c1-7(13(17)18)16-12-11-10(14-6-15-12)8-4-2-3-5-9(8)19-11/h2-7H,1H3,(H,17,18)(H,14,15,16)/t7-/m0/s1. The lowest BCUT2D eigenvalue weighted by Crippen LogP contribution is -2.25. The molecule has 2 heterocycles. The van der Waals surface area contributed by atoms with Gasteiger partial charge in [-0.3, -0.25) is 4.79 Å². The number of anilines is 1. The van der Waals surface area contributed by atoms with Crippen molar-refractivity contribution in [2.75, 3.05) is 5.32 Å². The van der Waals surface area contributed by atoms with Crippen LogP contribution in [0.2, 0.25) is 0 Å². The summed E-state index contributed by atoms with van der Waals surface area (Å²) in [6.45, 7) is 1.54. The first-order valence-electron chi connectivity index (χ1n) is 5.78. The van der Waals surface area contributed by atoms with Crippen LogP contribution in [-0.4, -0.2) is 27.1 Å². The minimum Gasteiger partial charge on any atom is -0.480 e. The summed E-state index contributed by atoms with van der Waals surface area (Å²) < 4.78 is 5.68. The summed E-state index contributed by atoms with van der Waals surface area (Å²) in [6, 6.07) is 6.74. The molecule has 2 aromatic heterocycles. The Kier molecular flexibility index (Phi) is 2.56. The average molecular weight is 257 g/mol. The first kappa shape index (κ1) is 11.5. The van der Waals surface area contributed by atoms with E-state index in [-0.39, 0.29) is 0 Å². The maximum absolute atomic E-state index is 10.9. The molecule has 3 aromatic rings. The predicted molar refractivity (Wildman–Crippen MR) is 70.0 cm³/mol. The summed E-state index contributed by atoms with van der Waals surface area (Å²) in [5.41, 5.74) is 1.84. The highest BCUT2D eigenvalue weighted by Gasteiger charge is 2.17. The fourth-order valence-corrected chi connectivity index (χ4v) is 1.89. The van der Waals surface area contributed by atoms with E-state index in [1.54, 1.807) is 6.92 Å². The molecule has 0 saturated carbocycles. The van der Waals surface area contributed by atoms with Crippen molar-refractivity contribution >= 4 is 33.9 Å². The number of carboxylic acid groups (broad SMARTS) is 1. The summed E-state index contributed by atoms with van der Waals surface area (Å²) in [7, 11) is 0. The normalized spacial score (nSPS) is 12.7. The first-order chi connectivity index (χ1) is 9.16. The van der Waals surface area contributed by atoms with Crippen molar-refractivity contribution in [2.24, 2.45) is 0 Å². The lowest BCUT2D eigenvalue weighted by atomic mass is 10.2. The predicted octanol–water partition coefficient (Wildman–Crippen LogP) is 2.26. The number of hydrogen-bond donors (Lipinski definition) is 2. The summed E-state index contributed by atoms with van der Waals surface area (Å²) in [6.07, 6.45) is 1.39. The van der Waals surface area contributed by atoms with E-state index < -0.39 is 12.0 Å². The van der Waals surface area contributed by atoms with Gasteiger partial charge in [0.25, 0.3) is 0 Å². The molecule has 0 bridgehead atoms. The van der Waals surface area contributed by atoms with Crippen LogP contribution in [0.1, 0.15) is 6.92 Å². The number of aromatic nitrogens is 2. The number of para-hydroxylation sites is 1. The lowest BCUT2D eigenvalue weighted by molar-refractivity contribution is -0.137. The number of nitrogens with one attached hydrogen (secondary N) is 1. The molecular weight excluding hydrogens is 246 g/mol. The van der Waals surface area contributed by atoms with Crippen molar-refractivity contribution in [3.8, 4) is 0 Å². The van der Waals surface area contributed by atoms with Gasteiger partial charge in [0.2, 0.25) is 0 Å². The minimum atomic E-state index is -0.956. The molecule has 2 N–H and O–H groups in total. The molecule has 19 heavy (non-hydrogen) atoms. The third-order valence-corrected chi connectivity index (χ3v) is 2.88. The Morgan fingerprint density at radius 1 is 1.37 bits per heavy atom. The van der Waals surface area contributed by atoms with Gasteiger partial charge in [-0.15, -0.1) is 0 Å². The molecule has 0 aliphatic heterocycles. The maximum atomic E-state index is 10.9. The molecule has 0 amide bonds. The molecule has 96 valence electrons. The zero-order valence-electron chi connectivity index (χ0n) is 10.1. The SMILES string of the molecule is C[C@H](Nc1ncnc2c1oc1ccccc12)C(=O)O. The van der Waals surface area contributed by atoms with E-state index in [4.69, 9.17) is 9.52 Å². The number of rotatable bonds is 3. The Morgan fingerprint density at radius 2 is 2.16 bits per heavy atom. The van der Waals surface area contributed by atoms with Crippen LogP contribution >= 0.6 is 0 Å². The number of hydrogen-bond acceptors (Lipinski definition) is 5. The molecule has 6 nitrogen and oxygen atoms in total. The van der Waals surface area contributed by atoms with E-state index in [2.05, 4.69) is 15.3 Å². The fraction of sp³-hybridized carbons (Fsp3) is 0.154. The Labute approximate surface area is 108 Å². The Balaban J connectivity index is 2.18. The van der Waals surface area contributed by atoms with Crippen LogP contribution in [0.5, 0.6) is 0 Å². The molecule has 0 spiro atoms. The molecule has 0 saturated heterocycles. The van der Waals surface area contributed by atoms with Crippen molar-refractivity contribution in [1.82, 2.24) is 9.97 Å². The number of nitrogens with zero attached hydrogens (tertiary/aromatic N) is 2. The van der Waals surface area contributed by atoms with Crippen LogP contribution in [0.15, 0.2) is 35.0 Å². The van der Waals surface area contributed by atoms with Gasteiger partial charge in [-0.05, 0) is 19.1 Å². The van der Waals surface area contributed by atoms with E-state index in [1.807, 2.05) is 24.3 Å². The highest BCUT2D eigenvalue weighted by molar-refractivity contribution is 6.05. The van der Waals surface area contributed by atoms with Crippen molar-refractivity contribution < 1.29 is 14.3 Å². The number of furan rings is 1. The number of benzene rings is 1. The van der Waals surface area contributed by atoms with Gasteiger partial charge in [-0.1, -0.05) is 12.1 Å². The second kappa shape index (κ2) is 4.24. The van der Waals surface area contributed by atoms with Gasteiger partial charge < -0.3 is 14.8 Å². The third kappa shape index (κ3) is 1.87. The average Bonchev–Trinajstić information content (AvgIpc) is 2.78. The van der Waals surface area contributed by atoms with Gasteiger partial charge in [-0.2, -0.15) is 0 Å². The van der Waals surface area contributed by atoms with Crippen LogP contribution in [0.3, 0.4) is 0 Å². The summed E-state index contributed by atoms with van der Waals surface area (Å²) >= 11 is 0. The molecule has 1 aromatic carbocycles. The van der Waals surface area contributed by atoms with Gasteiger partial charge in [0, 0.05) is 5.39 Å². The largest absolute Gasteiger partial charge is 0.480 e. The van der Waals surface area contributed by atoms with Crippen LogP contribution in [-0.2, 0) is 4.79 Å². The highest BCUT2D eigenvalue weighted by Crippen LogP contribution is 2.30. The Bertz CT molecular complexity index is 766. The molecule has 3 rings (SSSR count). The monoisotopic (exact) mass is 257 g/mol. The van der Waals surface area contributed by atoms with Crippen LogP contribution < -0.4 is 5.32 Å². The quantitative estimate of drug-likeness (QED) is 0.748. The van der Waals surface area contributed by atoms with E-state index in [9.17, 15) is 4.79 Å². The zero-order valence-corrected chi connectivity index (χ0v) is 10.1. The second-order valence-electron chi connectivity index (χ2n) is 4.20. The third-order valence-electron chi connectivity index (χ3n) is 2.88. The Hall–Kier alpha value is -2.63. The molecule has 0 aliphatic rings. The molecule has 6 heteroatoms. The highest BCUT2D eigenvalue weighted by atomic mass is 16.4. The summed E-state index contributed by atoms with van der Waals surface area (Å²) in [5.74, 6) is -0.570. The number of fused-ring (bicyclic) bond motifs is 3. The number of carboxylic acids is 1. The first-order valence-corrected chi connectivity index (χ1v) is 5.78. The van der Waals surface area contributed by atoms with Crippen LogP contribution in [0.4, 0.5) is 5.82 Å². The zero-order chi connectivity index (χ0) is 13.4. The maximum Gasteiger partial charge on any atom is 0.325 e. The lowest BCUT2D eigenvalue weighted by Gasteiger charge is -2.09. The topological polar surface area (TPSA) is 88.3 Å². The molecule has 0 aliphatic carbocycles. The van der Waals surface area contributed by atoms with Gasteiger partial charge in [0.15, 0.2) is 11.4 Å². The fourth-order valence-electron chi connectivity index (χ4n) is 1.89. The van der Waals surface area contributed by atoms with Crippen molar-refractivity contribution in [2.45, 2.75) is 13.0 Å². The van der Waals surface area contributed by atoms with Crippen molar-refractivity contribution in [3.05, 3.63) is 30.6 Å². The number of aliphatic carboxylic acids is 1. The van der Waals surface area contributed by atoms with Gasteiger partial charge in [0.1, 0.15) is 23.5 Å². The minimum absolute atomic E-state index is 0.385. The molecule has 0 unspecified atom stereocenters. The summed E-state index contributed by atoms with van der Waals surface area (Å²) in [4.78, 5) is 19.1.